The molecule has 284 valence electrons. The largest absolute Gasteiger partial charge is 0.493 e. The second-order valence-electron chi connectivity index (χ2n) is 14.3. The molecular weight excluding hydrogens is 681 g/mol. The number of amides is 3. The molecule has 13 heteroatoms. The molecule has 2 N–H and O–H groups in total. The molecule has 3 aromatic carbocycles. The zero-order valence-corrected chi connectivity index (χ0v) is 30.8. The van der Waals surface area contributed by atoms with Gasteiger partial charge >= 0.3 is 12.0 Å². The number of hydrogen-bond donors (Lipinski definition) is 2. The summed E-state index contributed by atoms with van der Waals surface area (Å²) in [5.41, 5.74) is 1.36. The maximum Gasteiger partial charge on any atom is 0.318 e. The Morgan fingerprint density at radius 3 is 2.02 bits per heavy atom. The van der Waals surface area contributed by atoms with E-state index in [-0.39, 0.29) is 24.3 Å². The third kappa shape index (κ3) is 8.36. The van der Waals surface area contributed by atoms with Gasteiger partial charge in [0.1, 0.15) is 5.82 Å². The highest BCUT2D eigenvalue weighted by molar-refractivity contribution is 5.96. The Morgan fingerprint density at radius 2 is 1.42 bits per heavy atom. The van der Waals surface area contributed by atoms with Crippen LogP contribution in [0.5, 0.6) is 17.2 Å². The fraction of sp³-hybridized carbons (Fsp3) is 0.475. The van der Waals surface area contributed by atoms with Crippen LogP contribution in [0.1, 0.15) is 47.2 Å². The lowest BCUT2D eigenvalue weighted by Crippen LogP contribution is -2.59. The average Bonchev–Trinajstić information content (AvgIpc) is 3.62. The number of halogens is 1. The summed E-state index contributed by atoms with van der Waals surface area (Å²) in [7, 11) is 4.55. The predicted molar refractivity (Wildman–Crippen MR) is 197 cm³/mol. The molecule has 12 nitrogen and oxygen atoms in total. The van der Waals surface area contributed by atoms with Gasteiger partial charge in [-0.3, -0.25) is 14.5 Å². The molecule has 3 fully saturated rings. The number of nitrogens with zero attached hydrogens (tertiary/aromatic N) is 4. The quantitative estimate of drug-likeness (QED) is 0.279. The van der Waals surface area contributed by atoms with Crippen molar-refractivity contribution in [3.63, 3.8) is 0 Å². The van der Waals surface area contributed by atoms with Crippen molar-refractivity contribution in [3.05, 3.63) is 89.2 Å². The molecule has 1 atom stereocenters. The molecule has 3 heterocycles. The molecule has 3 aromatic rings. The smallest absolute Gasteiger partial charge is 0.318 e. The summed E-state index contributed by atoms with van der Waals surface area (Å²) in [5, 5.41) is 12.6. The zero-order chi connectivity index (χ0) is 37.6. The summed E-state index contributed by atoms with van der Waals surface area (Å²) in [6, 6.07) is 20.0. The first-order chi connectivity index (χ1) is 25.6. The first-order valence-electron chi connectivity index (χ1n) is 18.2. The van der Waals surface area contributed by atoms with Gasteiger partial charge in [0.15, 0.2) is 11.5 Å². The van der Waals surface area contributed by atoms with Crippen LogP contribution in [0.2, 0.25) is 0 Å². The first-order valence-corrected chi connectivity index (χ1v) is 18.2. The molecule has 0 aromatic heterocycles. The number of nitrogens with one attached hydrogen (secondary N) is 1. The van der Waals surface area contributed by atoms with Gasteiger partial charge in [0, 0.05) is 63.3 Å². The van der Waals surface area contributed by atoms with Crippen LogP contribution in [0.25, 0.3) is 0 Å². The molecule has 53 heavy (non-hydrogen) atoms. The second-order valence-corrected chi connectivity index (χ2v) is 14.3. The van der Waals surface area contributed by atoms with Crippen LogP contribution in [0.3, 0.4) is 0 Å². The van der Waals surface area contributed by atoms with Crippen LogP contribution < -0.4 is 19.5 Å². The van der Waals surface area contributed by atoms with Crippen LogP contribution >= 0.6 is 0 Å². The van der Waals surface area contributed by atoms with Crippen LogP contribution in [0.4, 0.5) is 9.18 Å². The van der Waals surface area contributed by atoms with Crippen molar-refractivity contribution in [1.82, 2.24) is 24.9 Å². The van der Waals surface area contributed by atoms with Gasteiger partial charge in [0.25, 0.3) is 5.91 Å². The molecule has 6 rings (SSSR count). The minimum absolute atomic E-state index is 0.0266. The number of carbonyl (C=O) groups excluding carboxylic acids is 2. The van der Waals surface area contributed by atoms with Gasteiger partial charge in [-0.05, 0) is 67.6 Å². The predicted octanol–water partition coefficient (Wildman–Crippen LogP) is 4.43. The summed E-state index contributed by atoms with van der Waals surface area (Å²) in [6.07, 6.45) is 2.83. The van der Waals surface area contributed by atoms with Gasteiger partial charge in [0.05, 0.1) is 33.4 Å². The third-order valence-corrected chi connectivity index (χ3v) is 11.3. The second kappa shape index (κ2) is 16.4. The molecule has 3 aliphatic heterocycles. The number of carboxylic acid groups (broad SMARTS) is 1. The van der Waals surface area contributed by atoms with E-state index in [2.05, 4.69) is 22.3 Å². The van der Waals surface area contributed by atoms with E-state index in [1.165, 1.54) is 27.4 Å². The van der Waals surface area contributed by atoms with E-state index in [0.29, 0.717) is 81.3 Å². The van der Waals surface area contributed by atoms with Gasteiger partial charge in [-0.2, -0.15) is 0 Å². The lowest BCUT2D eigenvalue weighted by atomic mass is 9.76. The van der Waals surface area contributed by atoms with Gasteiger partial charge < -0.3 is 39.3 Å². The minimum Gasteiger partial charge on any atom is -0.493 e. The molecule has 3 amide bonds. The standard InChI is InChI=1S/C40H50FN5O7/c1-51-33-24-29(25-34(52-2)36(33)53-3)37(49)46-19-13-39(28-46,31-10-7-11-32(41)26-31)12-16-43-17-14-40(15-18-43,30-8-5-4-6-9-30)42-38(50)45-22-20-44(21-23-45)27-35(47)48/h4-11,24-26H,12-23,27-28H2,1-3H3,(H,42,50)(H,47,48). The molecule has 0 aliphatic carbocycles. The fourth-order valence-electron chi connectivity index (χ4n) is 8.19. The van der Waals surface area contributed by atoms with E-state index in [0.717, 1.165) is 37.2 Å². The fourth-order valence-corrected chi connectivity index (χ4v) is 8.19. The summed E-state index contributed by atoms with van der Waals surface area (Å²) < 4.78 is 31.2. The number of hydrogen-bond acceptors (Lipinski definition) is 8. The molecule has 3 aliphatic rings. The Morgan fingerprint density at radius 1 is 0.755 bits per heavy atom. The highest BCUT2D eigenvalue weighted by Crippen LogP contribution is 2.42. The Hall–Kier alpha value is -4.88. The Labute approximate surface area is 310 Å². The Kier molecular flexibility index (Phi) is 11.7. The number of methoxy groups -OCH3 is 3. The van der Waals surface area contributed by atoms with E-state index < -0.39 is 16.9 Å². The third-order valence-electron chi connectivity index (χ3n) is 11.3. The van der Waals surface area contributed by atoms with Gasteiger partial charge in [-0.1, -0.05) is 42.5 Å². The van der Waals surface area contributed by atoms with Crippen molar-refractivity contribution < 1.29 is 38.1 Å². The lowest BCUT2D eigenvalue weighted by Gasteiger charge is -2.45. The van der Waals surface area contributed by atoms with Gasteiger partial charge in [-0.15, -0.1) is 0 Å². The van der Waals surface area contributed by atoms with E-state index in [1.54, 1.807) is 29.2 Å². The van der Waals surface area contributed by atoms with Gasteiger partial charge in [0.2, 0.25) is 5.75 Å². The molecule has 0 bridgehead atoms. The van der Waals surface area contributed by atoms with Crippen LogP contribution in [-0.4, -0.2) is 129 Å². The number of carboxylic acids is 1. The van der Waals surface area contributed by atoms with Crippen LogP contribution in [0, 0.1) is 5.82 Å². The summed E-state index contributed by atoms with van der Waals surface area (Å²) in [6.45, 7) is 5.13. The first kappa shape index (κ1) is 37.9. The number of carbonyl (C=O) groups is 3. The number of ether oxygens (including phenoxy) is 3. The molecule has 0 spiro atoms. The van der Waals surface area contributed by atoms with Crippen molar-refractivity contribution in [2.45, 2.75) is 36.6 Å². The number of benzene rings is 3. The monoisotopic (exact) mass is 731 g/mol. The van der Waals surface area contributed by atoms with E-state index in [4.69, 9.17) is 19.3 Å². The van der Waals surface area contributed by atoms with Crippen molar-refractivity contribution in [2.75, 3.05) is 86.8 Å². The number of aliphatic carboxylic acids is 1. The van der Waals surface area contributed by atoms with Crippen LogP contribution in [-0.2, 0) is 15.7 Å². The van der Waals surface area contributed by atoms with E-state index >= 15 is 0 Å². The molecule has 1 unspecified atom stereocenters. The molecule has 0 radical (unpaired) electrons. The van der Waals surface area contributed by atoms with Crippen molar-refractivity contribution >= 4 is 17.9 Å². The van der Waals surface area contributed by atoms with Crippen LogP contribution in [0.15, 0.2) is 66.7 Å². The minimum atomic E-state index is -0.867. The topological polar surface area (TPSA) is 124 Å². The SMILES string of the molecule is COc1cc(C(=O)N2CCC(CCN3CCC(NC(=O)N4CCN(CC(=O)O)CC4)(c4ccccc4)CC3)(c3cccc(F)c3)C2)cc(OC)c1OC. The molecular formula is C40H50FN5O7. The number of piperidine rings is 1. The number of urea groups is 1. The molecule has 3 saturated heterocycles. The highest BCUT2D eigenvalue weighted by Gasteiger charge is 2.44. The Balaban J connectivity index is 1.15. The maximum atomic E-state index is 14.7. The zero-order valence-electron chi connectivity index (χ0n) is 30.8. The number of likely N-dealkylation sites (tertiary alicyclic amines) is 2. The highest BCUT2D eigenvalue weighted by atomic mass is 19.1. The lowest BCUT2D eigenvalue weighted by molar-refractivity contribution is -0.138. The van der Waals surface area contributed by atoms with Gasteiger partial charge in [-0.25, -0.2) is 9.18 Å². The normalized spacial score (nSPS) is 20.5. The van der Waals surface area contributed by atoms with Crippen molar-refractivity contribution in [1.29, 1.82) is 0 Å². The summed E-state index contributed by atoms with van der Waals surface area (Å²) in [5.74, 6) is -0.119. The maximum absolute atomic E-state index is 14.7. The van der Waals surface area contributed by atoms with E-state index in [1.807, 2.05) is 34.1 Å². The number of piperazine rings is 1. The average molecular weight is 732 g/mol. The van der Waals surface area contributed by atoms with Crippen molar-refractivity contribution in [3.8, 4) is 17.2 Å². The number of rotatable bonds is 12. The summed E-state index contributed by atoms with van der Waals surface area (Å²) >= 11 is 0. The summed E-state index contributed by atoms with van der Waals surface area (Å²) in [4.78, 5) is 46.7. The Bertz CT molecular complexity index is 1740. The molecule has 0 saturated carbocycles. The van der Waals surface area contributed by atoms with Crippen molar-refractivity contribution in [2.24, 2.45) is 0 Å². The van der Waals surface area contributed by atoms with E-state index in [9.17, 15) is 18.8 Å².